The first-order valence-electron chi connectivity index (χ1n) is 9.24. The molecule has 2 atom stereocenters. The van der Waals surface area contributed by atoms with E-state index in [-0.39, 0.29) is 29.9 Å². The first kappa shape index (κ1) is 18.6. The zero-order chi connectivity index (χ0) is 18.9. The molecule has 0 radical (unpaired) electrons. The van der Waals surface area contributed by atoms with Crippen molar-refractivity contribution in [2.24, 2.45) is 5.73 Å². The van der Waals surface area contributed by atoms with E-state index in [1.807, 2.05) is 56.0 Å². The third kappa shape index (κ3) is 3.68. The van der Waals surface area contributed by atoms with Crippen molar-refractivity contribution in [3.63, 3.8) is 0 Å². The predicted octanol–water partition coefficient (Wildman–Crippen LogP) is 2.81. The van der Waals surface area contributed by atoms with Crippen molar-refractivity contribution in [2.75, 3.05) is 6.54 Å². The first-order valence-corrected chi connectivity index (χ1v) is 9.24. The minimum Gasteiger partial charge on any atom is -0.370 e. The number of benzene rings is 1. The van der Waals surface area contributed by atoms with Crippen LogP contribution in [0.25, 0.3) is 6.08 Å². The van der Waals surface area contributed by atoms with Gasteiger partial charge in [-0.1, -0.05) is 29.8 Å². The van der Waals surface area contributed by atoms with Gasteiger partial charge in [-0.3, -0.25) is 9.59 Å². The van der Waals surface area contributed by atoms with E-state index in [1.165, 1.54) is 0 Å². The molecule has 0 aliphatic carbocycles. The summed E-state index contributed by atoms with van der Waals surface area (Å²) in [7, 11) is 0. The molecule has 0 saturated carbocycles. The van der Waals surface area contributed by atoms with E-state index in [9.17, 15) is 9.59 Å². The van der Waals surface area contributed by atoms with Gasteiger partial charge in [0.05, 0.1) is 23.7 Å². The fourth-order valence-electron chi connectivity index (χ4n) is 4.58. The lowest BCUT2D eigenvalue weighted by Crippen LogP contribution is -2.53. The number of hydrogen-bond donors (Lipinski definition) is 1. The third-order valence-electron chi connectivity index (χ3n) is 5.43. The average Bonchev–Trinajstić information content (AvgIpc) is 3.05. The molecular weight excluding hydrogens is 328 g/mol. The van der Waals surface area contributed by atoms with Crippen molar-refractivity contribution in [3.05, 3.63) is 41.5 Å². The van der Waals surface area contributed by atoms with Crippen molar-refractivity contribution >= 4 is 17.9 Å². The van der Waals surface area contributed by atoms with Crippen LogP contribution < -0.4 is 5.73 Å². The molecule has 2 saturated heterocycles. The van der Waals surface area contributed by atoms with Gasteiger partial charge in [0, 0.05) is 19.0 Å². The van der Waals surface area contributed by atoms with E-state index < -0.39 is 5.54 Å². The molecule has 140 valence electrons. The summed E-state index contributed by atoms with van der Waals surface area (Å²) in [4.78, 5) is 26.4. The number of aryl methyl sites for hydroxylation is 1. The van der Waals surface area contributed by atoms with Crippen LogP contribution in [0.2, 0.25) is 0 Å². The minimum atomic E-state index is -0.438. The topological polar surface area (TPSA) is 72.6 Å². The number of primary amides is 1. The third-order valence-corrected chi connectivity index (χ3v) is 5.43. The average molecular weight is 356 g/mol. The van der Waals surface area contributed by atoms with Gasteiger partial charge in [0.15, 0.2) is 0 Å². The number of nitrogens with zero attached hydrogens (tertiary/aromatic N) is 1. The highest BCUT2D eigenvalue weighted by Gasteiger charge is 2.58. The number of carbonyl (C=O) groups is 2. The van der Waals surface area contributed by atoms with E-state index in [0.29, 0.717) is 6.54 Å². The summed E-state index contributed by atoms with van der Waals surface area (Å²) in [6, 6.07) is 8.03. The Kier molecular flexibility index (Phi) is 4.93. The van der Waals surface area contributed by atoms with Crippen LogP contribution in [0.4, 0.5) is 0 Å². The maximum atomic E-state index is 13.0. The summed E-state index contributed by atoms with van der Waals surface area (Å²) in [5.74, 6) is -0.415. The smallest absolute Gasteiger partial charge is 0.247 e. The van der Waals surface area contributed by atoms with Crippen molar-refractivity contribution < 1.29 is 14.3 Å². The number of likely N-dealkylation sites (tertiary alicyclic amines) is 1. The summed E-state index contributed by atoms with van der Waals surface area (Å²) >= 11 is 0. The SMILES string of the molecule is Cc1cccc(/C=C/C(=O)N2CCC[C@]23CC(C)(C)O[C@H]3CC(N)=O)c1. The molecule has 1 aromatic rings. The van der Waals surface area contributed by atoms with Gasteiger partial charge in [0.1, 0.15) is 0 Å². The summed E-state index contributed by atoms with van der Waals surface area (Å²) in [5.41, 5.74) is 6.80. The van der Waals surface area contributed by atoms with E-state index in [0.717, 1.165) is 30.4 Å². The molecule has 0 aromatic heterocycles. The number of rotatable bonds is 4. The Labute approximate surface area is 155 Å². The van der Waals surface area contributed by atoms with Crippen molar-refractivity contribution in [3.8, 4) is 0 Å². The molecule has 26 heavy (non-hydrogen) atoms. The second-order valence-corrected chi connectivity index (χ2v) is 8.16. The van der Waals surface area contributed by atoms with Crippen LogP contribution in [0.15, 0.2) is 30.3 Å². The van der Waals surface area contributed by atoms with Gasteiger partial charge in [0.2, 0.25) is 11.8 Å². The molecule has 2 N–H and O–H groups in total. The molecule has 5 nitrogen and oxygen atoms in total. The molecule has 0 unspecified atom stereocenters. The van der Waals surface area contributed by atoms with Crippen LogP contribution in [0.1, 0.15) is 50.7 Å². The Bertz CT molecular complexity index is 741. The number of hydrogen-bond acceptors (Lipinski definition) is 3. The van der Waals surface area contributed by atoms with Crippen LogP contribution in [-0.4, -0.2) is 40.5 Å². The van der Waals surface area contributed by atoms with Gasteiger partial charge in [0.25, 0.3) is 0 Å². The van der Waals surface area contributed by atoms with E-state index in [1.54, 1.807) is 6.08 Å². The summed E-state index contributed by atoms with van der Waals surface area (Å²) in [5, 5.41) is 0. The number of nitrogens with two attached hydrogens (primary N) is 1. The maximum Gasteiger partial charge on any atom is 0.247 e. The summed E-state index contributed by atoms with van der Waals surface area (Å²) in [6.45, 7) is 6.74. The zero-order valence-electron chi connectivity index (χ0n) is 15.8. The highest BCUT2D eigenvalue weighted by atomic mass is 16.5. The number of carbonyl (C=O) groups excluding carboxylic acids is 2. The molecule has 3 rings (SSSR count). The molecule has 2 heterocycles. The zero-order valence-corrected chi connectivity index (χ0v) is 15.8. The van der Waals surface area contributed by atoms with Crippen LogP contribution in [0.5, 0.6) is 0 Å². The van der Waals surface area contributed by atoms with Gasteiger partial charge >= 0.3 is 0 Å². The normalized spacial score (nSPS) is 27.5. The fourth-order valence-corrected chi connectivity index (χ4v) is 4.58. The Hall–Kier alpha value is -2.14. The van der Waals surface area contributed by atoms with Crippen LogP contribution in [-0.2, 0) is 14.3 Å². The Morgan fingerprint density at radius 3 is 2.85 bits per heavy atom. The molecule has 2 amide bonds. The maximum absolute atomic E-state index is 13.0. The molecular formula is C21H28N2O3. The van der Waals surface area contributed by atoms with Gasteiger partial charge in [-0.15, -0.1) is 0 Å². The fraction of sp³-hybridized carbons (Fsp3) is 0.524. The first-order chi connectivity index (χ1) is 12.2. The standard InChI is InChI=1S/C21H28N2O3/c1-15-6-4-7-16(12-15)8-9-19(25)23-11-5-10-21(23)14-20(2,3)26-17(21)13-18(22)24/h4,6-9,12,17H,5,10-11,13-14H2,1-3H3,(H2,22,24)/b9-8+/t17-,21+/m0/s1. The quantitative estimate of drug-likeness (QED) is 0.843. The predicted molar refractivity (Wildman–Crippen MR) is 101 cm³/mol. The molecule has 2 aliphatic heterocycles. The van der Waals surface area contributed by atoms with Gasteiger partial charge in [-0.2, -0.15) is 0 Å². The van der Waals surface area contributed by atoms with Gasteiger partial charge in [-0.25, -0.2) is 0 Å². The highest BCUT2D eigenvalue weighted by Crippen LogP contribution is 2.48. The monoisotopic (exact) mass is 356 g/mol. The highest BCUT2D eigenvalue weighted by molar-refractivity contribution is 5.92. The molecule has 0 bridgehead atoms. The van der Waals surface area contributed by atoms with Gasteiger partial charge < -0.3 is 15.4 Å². The van der Waals surface area contributed by atoms with Crippen molar-refractivity contribution in [1.29, 1.82) is 0 Å². The minimum absolute atomic E-state index is 0.0280. The second-order valence-electron chi connectivity index (χ2n) is 8.16. The van der Waals surface area contributed by atoms with Crippen LogP contribution in [0, 0.1) is 6.92 Å². The van der Waals surface area contributed by atoms with Gasteiger partial charge in [-0.05, 0) is 45.3 Å². The largest absolute Gasteiger partial charge is 0.370 e. The van der Waals surface area contributed by atoms with E-state index >= 15 is 0 Å². The Balaban J connectivity index is 1.84. The number of amides is 2. The lowest BCUT2D eigenvalue weighted by atomic mass is 9.82. The molecule has 2 aliphatic rings. The van der Waals surface area contributed by atoms with E-state index in [4.69, 9.17) is 10.5 Å². The summed E-state index contributed by atoms with van der Waals surface area (Å²) < 4.78 is 6.14. The molecule has 2 fully saturated rings. The summed E-state index contributed by atoms with van der Waals surface area (Å²) in [6.07, 6.45) is 5.78. The Morgan fingerprint density at radius 1 is 1.38 bits per heavy atom. The lowest BCUT2D eigenvalue weighted by molar-refractivity contribution is -0.135. The van der Waals surface area contributed by atoms with E-state index in [2.05, 4.69) is 0 Å². The Morgan fingerprint density at radius 2 is 2.15 bits per heavy atom. The molecule has 5 heteroatoms. The molecule has 1 aromatic carbocycles. The molecule has 1 spiro atoms. The second kappa shape index (κ2) is 6.88. The van der Waals surface area contributed by atoms with Crippen molar-refractivity contribution in [2.45, 2.75) is 63.7 Å². The number of ether oxygens (including phenoxy) is 1. The van der Waals surface area contributed by atoms with Crippen LogP contribution in [0.3, 0.4) is 0 Å². The van der Waals surface area contributed by atoms with Crippen molar-refractivity contribution in [1.82, 2.24) is 4.90 Å². The van der Waals surface area contributed by atoms with Crippen LogP contribution >= 0.6 is 0 Å². The lowest BCUT2D eigenvalue weighted by Gasteiger charge is -2.38.